The number of pyridine rings is 1. The Morgan fingerprint density at radius 3 is 2.87 bits per heavy atom. The summed E-state index contributed by atoms with van der Waals surface area (Å²) in [5.74, 6) is 1.33. The van der Waals surface area contributed by atoms with Gasteiger partial charge in [-0.25, -0.2) is 0 Å². The Balaban J connectivity index is 1.89. The van der Waals surface area contributed by atoms with Gasteiger partial charge in [0.15, 0.2) is 11.5 Å². The first kappa shape index (κ1) is 15.6. The summed E-state index contributed by atoms with van der Waals surface area (Å²) < 4.78 is 11.4. The fraction of sp³-hybridized carbons (Fsp3) is 0.333. The zero-order valence-electron chi connectivity index (χ0n) is 13.0. The maximum absolute atomic E-state index is 9.36. The van der Waals surface area contributed by atoms with Crippen LogP contribution in [-0.2, 0) is 0 Å². The van der Waals surface area contributed by atoms with E-state index in [1.165, 1.54) is 24.2 Å². The zero-order valence-corrected chi connectivity index (χ0v) is 13.8. The van der Waals surface area contributed by atoms with Crippen molar-refractivity contribution < 1.29 is 9.47 Å². The van der Waals surface area contributed by atoms with E-state index in [1.807, 2.05) is 23.6 Å². The molecule has 0 aromatic carbocycles. The number of nitriles is 1. The molecule has 0 aliphatic heterocycles. The predicted molar refractivity (Wildman–Crippen MR) is 91.5 cm³/mol. The highest BCUT2D eigenvalue weighted by Crippen LogP contribution is 2.32. The molecule has 3 rings (SSSR count). The molecular weight excluding hydrogens is 308 g/mol. The fourth-order valence-corrected chi connectivity index (χ4v) is 3.38. The van der Waals surface area contributed by atoms with Crippen LogP contribution in [0, 0.1) is 11.3 Å². The first-order chi connectivity index (χ1) is 11.3. The van der Waals surface area contributed by atoms with Crippen molar-refractivity contribution in [3.8, 4) is 17.6 Å². The van der Waals surface area contributed by atoms with Crippen LogP contribution in [0.3, 0.4) is 0 Å². The second kappa shape index (κ2) is 7.30. The van der Waals surface area contributed by atoms with E-state index in [0.29, 0.717) is 22.8 Å². The van der Waals surface area contributed by atoms with E-state index in [0.717, 1.165) is 17.7 Å². The summed E-state index contributed by atoms with van der Waals surface area (Å²) in [6.07, 6.45) is 8.26. The summed E-state index contributed by atoms with van der Waals surface area (Å²) >= 11 is 1.54. The molecule has 0 radical (unpaired) electrons. The standard InChI is InChI=1S/C18H18N2O2S/c1-21-17-12-20-14(9-13(11-19)18-7-4-8-23-18)10-16(17)22-15-5-2-3-6-15/h4,7-10,12,15H,2-3,5-6H2,1H3. The number of aromatic nitrogens is 1. The van der Waals surface area contributed by atoms with Gasteiger partial charge in [0.05, 0.1) is 30.7 Å². The molecule has 0 spiro atoms. The van der Waals surface area contributed by atoms with Gasteiger partial charge in [-0.15, -0.1) is 11.3 Å². The fourth-order valence-electron chi connectivity index (χ4n) is 2.69. The third-order valence-corrected chi connectivity index (χ3v) is 4.77. The summed E-state index contributed by atoms with van der Waals surface area (Å²) in [5.41, 5.74) is 1.30. The molecule has 1 aliphatic rings. The van der Waals surface area contributed by atoms with Crippen LogP contribution in [-0.4, -0.2) is 18.2 Å². The smallest absolute Gasteiger partial charge is 0.179 e. The average Bonchev–Trinajstić information content (AvgIpc) is 3.26. The molecule has 0 bridgehead atoms. The molecule has 1 fully saturated rings. The Morgan fingerprint density at radius 2 is 2.22 bits per heavy atom. The van der Waals surface area contributed by atoms with Crippen LogP contribution >= 0.6 is 11.3 Å². The second-order valence-electron chi connectivity index (χ2n) is 5.43. The Kier molecular flexibility index (Phi) is 4.94. The molecule has 1 aliphatic carbocycles. The normalized spacial score (nSPS) is 15.4. The van der Waals surface area contributed by atoms with E-state index >= 15 is 0 Å². The zero-order chi connectivity index (χ0) is 16.1. The van der Waals surface area contributed by atoms with Gasteiger partial charge < -0.3 is 9.47 Å². The lowest BCUT2D eigenvalue weighted by Gasteiger charge is -2.16. The molecule has 4 nitrogen and oxygen atoms in total. The maximum atomic E-state index is 9.36. The van der Waals surface area contributed by atoms with E-state index in [1.54, 1.807) is 19.4 Å². The minimum absolute atomic E-state index is 0.246. The number of rotatable bonds is 5. The molecule has 0 N–H and O–H groups in total. The Bertz CT molecular complexity index is 726. The summed E-state index contributed by atoms with van der Waals surface area (Å²) in [7, 11) is 1.61. The summed E-state index contributed by atoms with van der Waals surface area (Å²) in [4.78, 5) is 5.29. The van der Waals surface area contributed by atoms with E-state index in [-0.39, 0.29) is 6.10 Å². The van der Waals surface area contributed by atoms with Gasteiger partial charge >= 0.3 is 0 Å². The van der Waals surface area contributed by atoms with E-state index in [2.05, 4.69) is 11.1 Å². The van der Waals surface area contributed by atoms with Crippen molar-refractivity contribution in [3.63, 3.8) is 0 Å². The monoisotopic (exact) mass is 326 g/mol. The van der Waals surface area contributed by atoms with Crippen LogP contribution in [0.1, 0.15) is 36.3 Å². The molecule has 23 heavy (non-hydrogen) atoms. The van der Waals surface area contributed by atoms with Crippen molar-refractivity contribution >= 4 is 23.0 Å². The van der Waals surface area contributed by atoms with Crippen molar-refractivity contribution in [1.29, 1.82) is 5.26 Å². The van der Waals surface area contributed by atoms with Crippen molar-refractivity contribution in [3.05, 3.63) is 40.3 Å². The molecule has 0 saturated heterocycles. The van der Waals surface area contributed by atoms with Gasteiger partial charge in [-0.05, 0) is 43.2 Å². The molecule has 2 aromatic heterocycles. The first-order valence-electron chi connectivity index (χ1n) is 7.66. The van der Waals surface area contributed by atoms with Crippen LogP contribution in [0.25, 0.3) is 11.6 Å². The highest BCUT2D eigenvalue weighted by molar-refractivity contribution is 7.11. The van der Waals surface area contributed by atoms with Crippen LogP contribution in [0.5, 0.6) is 11.5 Å². The van der Waals surface area contributed by atoms with Gasteiger partial charge in [-0.1, -0.05) is 6.07 Å². The highest BCUT2D eigenvalue weighted by atomic mass is 32.1. The molecule has 2 heterocycles. The molecular formula is C18H18N2O2S. The van der Waals surface area contributed by atoms with Crippen molar-refractivity contribution in [2.24, 2.45) is 0 Å². The molecule has 1 saturated carbocycles. The Morgan fingerprint density at radius 1 is 1.39 bits per heavy atom. The van der Waals surface area contributed by atoms with E-state index in [4.69, 9.17) is 9.47 Å². The molecule has 2 aromatic rings. The molecule has 0 amide bonds. The van der Waals surface area contributed by atoms with Crippen molar-refractivity contribution in [2.75, 3.05) is 7.11 Å². The SMILES string of the molecule is COc1cnc(C=C(C#N)c2cccs2)cc1OC1CCCC1. The predicted octanol–water partition coefficient (Wildman–Crippen LogP) is 4.54. The van der Waals surface area contributed by atoms with Gasteiger partial charge in [0.25, 0.3) is 0 Å². The topological polar surface area (TPSA) is 55.1 Å². The largest absolute Gasteiger partial charge is 0.491 e. The lowest BCUT2D eigenvalue weighted by atomic mass is 10.2. The number of allylic oxidation sites excluding steroid dienone is 1. The van der Waals surface area contributed by atoms with Crippen molar-refractivity contribution in [2.45, 2.75) is 31.8 Å². The third-order valence-electron chi connectivity index (χ3n) is 3.87. The van der Waals surface area contributed by atoms with Crippen molar-refractivity contribution in [1.82, 2.24) is 4.98 Å². The van der Waals surface area contributed by atoms with Gasteiger partial charge in [-0.3, -0.25) is 4.98 Å². The first-order valence-corrected chi connectivity index (χ1v) is 8.54. The lowest BCUT2D eigenvalue weighted by molar-refractivity contribution is 0.200. The van der Waals surface area contributed by atoms with Crippen LogP contribution < -0.4 is 9.47 Å². The number of ether oxygens (including phenoxy) is 2. The van der Waals surface area contributed by atoms with E-state index in [9.17, 15) is 5.26 Å². The van der Waals surface area contributed by atoms with Gasteiger partial charge in [0.1, 0.15) is 6.07 Å². The Labute approximate surface area is 140 Å². The van der Waals surface area contributed by atoms with Gasteiger partial charge in [0.2, 0.25) is 0 Å². The molecule has 118 valence electrons. The third kappa shape index (κ3) is 3.72. The maximum Gasteiger partial charge on any atom is 0.179 e. The molecule has 5 heteroatoms. The minimum atomic E-state index is 0.246. The minimum Gasteiger partial charge on any atom is -0.491 e. The Hall–Kier alpha value is -2.32. The lowest BCUT2D eigenvalue weighted by Crippen LogP contribution is -2.11. The quantitative estimate of drug-likeness (QED) is 0.757. The molecule has 0 atom stereocenters. The number of hydrogen-bond donors (Lipinski definition) is 0. The summed E-state index contributed by atoms with van der Waals surface area (Å²) in [5, 5.41) is 11.3. The number of nitrogens with zero attached hydrogens (tertiary/aromatic N) is 2. The van der Waals surface area contributed by atoms with Gasteiger partial charge in [0, 0.05) is 10.9 Å². The van der Waals surface area contributed by atoms with E-state index < -0.39 is 0 Å². The molecule has 0 unspecified atom stereocenters. The summed E-state index contributed by atoms with van der Waals surface area (Å²) in [6, 6.07) is 7.94. The average molecular weight is 326 g/mol. The highest BCUT2D eigenvalue weighted by Gasteiger charge is 2.19. The number of hydrogen-bond acceptors (Lipinski definition) is 5. The van der Waals surface area contributed by atoms with Gasteiger partial charge in [-0.2, -0.15) is 5.26 Å². The van der Waals surface area contributed by atoms with Crippen LogP contribution in [0.2, 0.25) is 0 Å². The number of thiophene rings is 1. The number of methoxy groups -OCH3 is 1. The second-order valence-corrected chi connectivity index (χ2v) is 6.38. The van der Waals surface area contributed by atoms with Crippen LogP contribution in [0.4, 0.5) is 0 Å². The van der Waals surface area contributed by atoms with Crippen LogP contribution in [0.15, 0.2) is 29.8 Å². The summed E-state index contributed by atoms with van der Waals surface area (Å²) in [6.45, 7) is 0.